The number of hydrogen-bond acceptors (Lipinski definition) is 5. The topological polar surface area (TPSA) is 91.0 Å². The van der Waals surface area contributed by atoms with E-state index in [1.807, 2.05) is 60.7 Å². The van der Waals surface area contributed by atoms with Crippen molar-refractivity contribution in [3.05, 3.63) is 105 Å². The van der Waals surface area contributed by atoms with E-state index in [0.29, 0.717) is 38.3 Å². The number of anilines is 1. The smallest absolute Gasteiger partial charge is 0.339 e. The maximum absolute atomic E-state index is 12.2. The van der Waals surface area contributed by atoms with Crippen LogP contribution in [0.3, 0.4) is 0 Å². The van der Waals surface area contributed by atoms with E-state index in [1.54, 1.807) is 35.8 Å². The first-order chi connectivity index (χ1) is 16.5. The third-order valence-corrected chi connectivity index (χ3v) is 6.23. The summed E-state index contributed by atoms with van der Waals surface area (Å²) >= 11 is 7.27. The van der Waals surface area contributed by atoms with Crippen LogP contribution < -0.4 is 15.5 Å². The second-order valence-electron chi connectivity index (χ2n) is 7.33. The van der Waals surface area contributed by atoms with Gasteiger partial charge in [0.25, 0.3) is 0 Å². The number of hydrazone groups is 1. The number of thiazole rings is 1. The predicted octanol–water partition coefficient (Wildman–Crippen LogP) is 5.74. The van der Waals surface area contributed by atoms with Crippen LogP contribution >= 0.6 is 22.9 Å². The maximum atomic E-state index is 12.2. The van der Waals surface area contributed by atoms with Gasteiger partial charge in [-0.05, 0) is 48.9 Å². The fourth-order valence-electron chi connectivity index (χ4n) is 3.12. The fraction of sp³-hybridized carbons (Fsp3) is 0.0800. The zero-order chi connectivity index (χ0) is 23.9. The molecular formula is C25H22ClN5O2S. The Balaban J connectivity index is 1.64. The molecule has 0 bridgehead atoms. The first-order valence-corrected chi connectivity index (χ1v) is 11.6. The average Bonchev–Trinajstić information content (AvgIpc) is 3.15. The molecule has 2 amide bonds. The van der Waals surface area contributed by atoms with E-state index >= 15 is 0 Å². The molecule has 3 aromatic carbocycles. The van der Waals surface area contributed by atoms with Gasteiger partial charge in [-0.3, -0.25) is 4.57 Å². The number of nitrogens with one attached hydrogen (secondary N) is 2. The Kier molecular flexibility index (Phi) is 7.41. The van der Waals surface area contributed by atoms with Gasteiger partial charge in [-0.2, -0.15) is 5.10 Å². The van der Waals surface area contributed by atoms with E-state index in [-0.39, 0.29) is 5.88 Å². The molecule has 3 N–H and O–H groups in total. The highest BCUT2D eigenvalue weighted by molar-refractivity contribution is 7.11. The number of urea groups is 1. The Morgan fingerprint density at radius 1 is 1.00 bits per heavy atom. The highest BCUT2D eigenvalue weighted by atomic mass is 35.5. The lowest BCUT2D eigenvalue weighted by molar-refractivity contribution is 0.252. The van der Waals surface area contributed by atoms with Crippen molar-refractivity contribution in [2.24, 2.45) is 10.1 Å². The Hall–Kier alpha value is -3.88. The van der Waals surface area contributed by atoms with E-state index in [2.05, 4.69) is 15.8 Å². The number of nitrogens with zero attached hydrogens (tertiary/aromatic N) is 3. The maximum Gasteiger partial charge on any atom is 0.339 e. The number of amides is 2. The van der Waals surface area contributed by atoms with Gasteiger partial charge in [-0.25, -0.2) is 15.2 Å². The van der Waals surface area contributed by atoms with Crippen molar-refractivity contribution in [1.29, 1.82) is 0 Å². The van der Waals surface area contributed by atoms with E-state index in [0.717, 1.165) is 5.56 Å². The number of carbonyl (C=O) groups excluding carboxylic acids is 1. The lowest BCUT2D eigenvalue weighted by Gasteiger charge is -2.07. The van der Waals surface area contributed by atoms with Crippen LogP contribution in [0.25, 0.3) is 0 Å². The van der Waals surface area contributed by atoms with Gasteiger partial charge in [0.1, 0.15) is 4.88 Å². The normalized spacial score (nSPS) is 11.9. The molecule has 4 aromatic rings. The predicted molar refractivity (Wildman–Crippen MR) is 137 cm³/mol. The summed E-state index contributed by atoms with van der Waals surface area (Å²) in [5.41, 5.74) is 5.28. The molecule has 4 rings (SSSR count). The van der Waals surface area contributed by atoms with Crippen LogP contribution in [-0.2, 0) is 6.54 Å². The molecule has 0 aliphatic carbocycles. The molecule has 0 aliphatic heterocycles. The highest BCUT2D eigenvalue weighted by Crippen LogP contribution is 2.24. The molecule has 172 valence electrons. The van der Waals surface area contributed by atoms with Crippen LogP contribution in [0.4, 0.5) is 16.2 Å². The second kappa shape index (κ2) is 10.8. The van der Waals surface area contributed by atoms with Crippen molar-refractivity contribution in [3.63, 3.8) is 0 Å². The van der Waals surface area contributed by atoms with Gasteiger partial charge in [0, 0.05) is 10.7 Å². The van der Waals surface area contributed by atoms with E-state index in [1.165, 1.54) is 11.3 Å². The van der Waals surface area contributed by atoms with Gasteiger partial charge in [0.15, 0.2) is 4.80 Å². The van der Waals surface area contributed by atoms with E-state index in [9.17, 15) is 9.90 Å². The standard InChI is InChI=1S/C25H22ClN5O2S/c1-17(29-30-24(33)27-20-10-6-3-7-11-20)22-23(32)31(16-18-8-4-2-5-9-18)25(34-22)28-21-14-12-19(26)13-15-21/h2-15,32H,16H2,1H3,(H2,27,30,33)/b28-25?,29-17+. The molecule has 7 nitrogen and oxygen atoms in total. The van der Waals surface area contributed by atoms with Crippen molar-refractivity contribution >= 4 is 46.1 Å². The van der Waals surface area contributed by atoms with Crippen LogP contribution in [0.5, 0.6) is 5.88 Å². The fourth-order valence-corrected chi connectivity index (χ4v) is 4.24. The molecule has 0 atom stereocenters. The van der Waals surface area contributed by atoms with Crippen molar-refractivity contribution in [2.45, 2.75) is 13.5 Å². The number of aromatic hydroxyl groups is 1. The van der Waals surface area contributed by atoms with Gasteiger partial charge in [-0.15, -0.1) is 0 Å². The molecular weight excluding hydrogens is 470 g/mol. The van der Waals surface area contributed by atoms with E-state index in [4.69, 9.17) is 16.6 Å². The summed E-state index contributed by atoms with van der Waals surface area (Å²) in [6.45, 7) is 2.14. The van der Waals surface area contributed by atoms with Gasteiger partial charge in [-0.1, -0.05) is 71.5 Å². The lowest BCUT2D eigenvalue weighted by Crippen LogP contribution is -2.25. The lowest BCUT2D eigenvalue weighted by atomic mass is 10.2. The Labute approximate surface area is 205 Å². The third kappa shape index (κ3) is 5.92. The van der Waals surface area contributed by atoms with Crippen LogP contribution in [0.1, 0.15) is 17.4 Å². The highest BCUT2D eigenvalue weighted by Gasteiger charge is 2.16. The average molecular weight is 492 g/mol. The molecule has 0 unspecified atom stereocenters. The Morgan fingerprint density at radius 2 is 1.65 bits per heavy atom. The Morgan fingerprint density at radius 3 is 2.32 bits per heavy atom. The van der Waals surface area contributed by atoms with Gasteiger partial charge in [0.2, 0.25) is 5.88 Å². The number of hydrogen-bond donors (Lipinski definition) is 3. The van der Waals surface area contributed by atoms with Gasteiger partial charge in [0.05, 0.1) is 17.9 Å². The molecule has 34 heavy (non-hydrogen) atoms. The SMILES string of the molecule is C/C(=N\NC(=O)Nc1ccccc1)c1sc(=Nc2ccc(Cl)cc2)n(Cc2ccccc2)c1O. The molecule has 9 heteroatoms. The summed E-state index contributed by atoms with van der Waals surface area (Å²) in [6.07, 6.45) is 0. The summed E-state index contributed by atoms with van der Waals surface area (Å²) in [6, 6.07) is 25.5. The quantitative estimate of drug-likeness (QED) is 0.237. The zero-order valence-corrected chi connectivity index (χ0v) is 19.8. The third-order valence-electron chi connectivity index (χ3n) is 4.80. The second-order valence-corrected chi connectivity index (χ2v) is 8.74. The number of halogens is 1. The van der Waals surface area contributed by atoms with Crippen molar-refractivity contribution in [2.75, 3.05) is 5.32 Å². The minimum absolute atomic E-state index is 0.0214. The molecule has 1 aromatic heterocycles. The van der Waals surface area contributed by atoms with Crippen LogP contribution in [0.2, 0.25) is 5.02 Å². The van der Waals surface area contributed by atoms with Crippen molar-refractivity contribution in [3.8, 4) is 5.88 Å². The molecule has 0 saturated heterocycles. The monoisotopic (exact) mass is 491 g/mol. The van der Waals surface area contributed by atoms with Crippen LogP contribution in [0, 0.1) is 0 Å². The molecule has 0 fully saturated rings. The number of rotatable bonds is 6. The summed E-state index contributed by atoms with van der Waals surface area (Å²) in [4.78, 5) is 18.0. The zero-order valence-electron chi connectivity index (χ0n) is 18.3. The number of aromatic nitrogens is 1. The summed E-state index contributed by atoms with van der Waals surface area (Å²) in [5.74, 6) is 0.0214. The number of carbonyl (C=O) groups is 1. The van der Waals surface area contributed by atoms with Crippen molar-refractivity contribution < 1.29 is 9.90 Å². The first-order valence-electron chi connectivity index (χ1n) is 10.4. The minimum atomic E-state index is -0.482. The van der Waals surface area contributed by atoms with E-state index < -0.39 is 6.03 Å². The molecule has 1 heterocycles. The van der Waals surface area contributed by atoms with Crippen LogP contribution in [0.15, 0.2) is 95.0 Å². The number of para-hydroxylation sites is 1. The Bertz CT molecular complexity index is 1360. The van der Waals surface area contributed by atoms with Gasteiger partial charge >= 0.3 is 6.03 Å². The molecule has 0 radical (unpaired) electrons. The first kappa shape index (κ1) is 23.3. The summed E-state index contributed by atoms with van der Waals surface area (Å²) < 4.78 is 1.72. The summed E-state index contributed by atoms with van der Waals surface area (Å²) in [5, 5.41) is 18.5. The molecule has 0 spiro atoms. The number of benzene rings is 3. The molecule has 0 aliphatic rings. The minimum Gasteiger partial charge on any atom is -0.493 e. The molecule has 0 saturated carbocycles. The summed E-state index contributed by atoms with van der Waals surface area (Å²) in [7, 11) is 0. The van der Waals surface area contributed by atoms with Gasteiger partial charge < -0.3 is 10.4 Å². The van der Waals surface area contributed by atoms with Crippen LogP contribution in [-0.4, -0.2) is 21.4 Å². The van der Waals surface area contributed by atoms with Crippen molar-refractivity contribution in [1.82, 2.24) is 9.99 Å². The largest absolute Gasteiger partial charge is 0.493 e.